The molecule has 0 saturated carbocycles. The van der Waals surface area contributed by atoms with E-state index in [1.807, 2.05) is 60.7 Å². The maximum absolute atomic E-state index is 12.8. The third-order valence-corrected chi connectivity index (χ3v) is 4.69. The molecule has 0 aliphatic heterocycles. The quantitative estimate of drug-likeness (QED) is 0.235. The van der Waals surface area contributed by atoms with Crippen LogP contribution in [0.3, 0.4) is 0 Å². The number of benzene rings is 3. The molecule has 0 aliphatic rings. The number of nitrogens with one attached hydrogen (secondary N) is 1. The van der Waals surface area contributed by atoms with Crippen molar-refractivity contribution in [3.8, 4) is 11.8 Å². The van der Waals surface area contributed by atoms with Crippen molar-refractivity contribution in [2.45, 2.75) is 6.18 Å². The minimum absolute atomic E-state index is 0.0433. The number of ether oxygens (including phenoxy) is 2. The van der Waals surface area contributed by atoms with Crippen molar-refractivity contribution in [1.29, 1.82) is 0 Å². The minimum Gasteiger partial charge on any atom is -0.497 e. The molecule has 1 aromatic heterocycles. The van der Waals surface area contributed by atoms with Gasteiger partial charge in [-0.2, -0.15) is 33.2 Å². The van der Waals surface area contributed by atoms with Crippen molar-refractivity contribution in [1.82, 2.24) is 15.0 Å². The molecule has 0 atom stereocenters. The lowest BCUT2D eigenvalue weighted by Crippen LogP contribution is -2.21. The Balaban J connectivity index is 1.69. The second-order valence-electron chi connectivity index (χ2n) is 7.30. The van der Waals surface area contributed by atoms with Gasteiger partial charge in [-0.25, -0.2) is 5.43 Å². The number of nitrogens with zero attached hydrogens (tertiary/aromatic N) is 5. The van der Waals surface area contributed by atoms with E-state index < -0.39 is 18.8 Å². The maximum Gasteiger partial charge on any atom is 0.422 e. The molecule has 0 saturated heterocycles. The van der Waals surface area contributed by atoms with Crippen molar-refractivity contribution in [3.63, 3.8) is 0 Å². The van der Waals surface area contributed by atoms with Crippen molar-refractivity contribution in [2.75, 3.05) is 24.0 Å². The van der Waals surface area contributed by atoms with Crippen LogP contribution in [0.5, 0.6) is 11.8 Å². The molecule has 8 nitrogen and oxygen atoms in total. The van der Waals surface area contributed by atoms with Crippen LogP contribution in [0.2, 0.25) is 0 Å². The van der Waals surface area contributed by atoms with Gasteiger partial charge in [0.05, 0.1) is 13.3 Å². The lowest BCUT2D eigenvalue weighted by atomic mass is 10.2. The van der Waals surface area contributed by atoms with E-state index in [9.17, 15) is 13.2 Å². The van der Waals surface area contributed by atoms with E-state index in [4.69, 9.17) is 9.47 Å². The van der Waals surface area contributed by atoms with Gasteiger partial charge < -0.3 is 9.47 Å². The molecule has 3 aromatic carbocycles. The molecule has 184 valence electrons. The minimum atomic E-state index is -4.56. The standard InChI is InChI=1S/C25H21F3N6O2/c1-35-21-14-12-18(13-15-21)16-29-33-22-30-23(32-24(31-22)36-17-25(26,27)28)34(19-8-4-2-5-9-19)20-10-6-3-7-11-20/h2-16H,17H2,1H3,(H,30,31,32,33). The first-order valence-corrected chi connectivity index (χ1v) is 10.7. The molecule has 11 heteroatoms. The molecule has 4 rings (SSSR count). The summed E-state index contributed by atoms with van der Waals surface area (Å²) < 4.78 is 48.4. The van der Waals surface area contributed by atoms with Gasteiger partial charge in [-0.3, -0.25) is 4.90 Å². The van der Waals surface area contributed by atoms with Crippen LogP contribution in [0, 0.1) is 0 Å². The van der Waals surface area contributed by atoms with E-state index in [0.29, 0.717) is 17.1 Å². The van der Waals surface area contributed by atoms with Gasteiger partial charge in [-0.1, -0.05) is 36.4 Å². The summed E-state index contributed by atoms with van der Waals surface area (Å²) in [6.45, 7) is -1.55. The molecule has 0 fully saturated rings. The van der Waals surface area contributed by atoms with Gasteiger partial charge in [0.25, 0.3) is 5.95 Å². The summed E-state index contributed by atoms with van der Waals surface area (Å²) in [6, 6.07) is 24.9. The predicted molar refractivity (Wildman–Crippen MR) is 130 cm³/mol. The van der Waals surface area contributed by atoms with E-state index in [2.05, 4.69) is 25.5 Å². The molecule has 0 amide bonds. The van der Waals surface area contributed by atoms with Gasteiger partial charge >= 0.3 is 12.2 Å². The van der Waals surface area contributed by atoms with Crippen molar-refractivity contribution < 1.29 is 22.6 Å². The number of aromatic nitrogens is 3. The molecule has 0 aliphatic carbocycles. The number of rotatable bonds is 9. The number of methoxy groups -OCH3 is 1. The third-order valence-electron chi connectivity index (χ3n) is 4.69. The summed E-state index contributed by atoms with van der Waals surface area (Å²) in [6.07, 6.45) is -3.06. The second kappa shape index (κ2) is 11.2. The molecule has 0 unspecified atom stereocenters. The zero-order valence-electron chi connectivity index (χ0n) is 19.1. The topological polar surface area (TPSA) is 84.8 Å². The SMILES string of the molecule is COc1ccc(C=NNc2nc(OCC(F)(F)F)nc(N(c3ccccc3)c3ccccc3)n2)cc1. The van der Waals surface area contributed by atoms with E-state index in [1.165, 1.54) is 6.21 Å². The molecule has 0 radical (unpaired) electrons. The number of alkyl halides is 3. The van der Waals surface area contributed by atoms with Gasteiger partial charge in [0.15, 0.2) is 6.61 Å². The first-order chi connectivity index (χ1) is 17.4. The Morgan fingerprint density at radius 2 is 1.47 bits per heavy atom. The van der Waals surface area contributed by atoms with Crippen LogP contribution in [-0.4, -0.2) is 41.1 Å². The zero-order valence-corrected chi connectivity index (χ0v) is 19.1. The molecule has 1 heterocycles. The third kappa shape index (κ3) is 6.69. The zero-order chi connectivity index (χ0) is 25.4. The molecular formula is C25H21F3N6O2. The Hall–Kier alpha value is -4.67. The highest BCUT2D eigenvalue weighted by Crippen LogP contribution is 2.33. The van der Waals surface area contributed by atoms with Crippen LogP contribution in [0.25, 0.3) is 0 Å². The Morgan fingerprint density at radius 1 is 0.861 bits per heavy atom. The molecule has 4 aromatic rings. The highest BCUT2D eigenvalue weighted by Gasteiger charge is 2.29. The number of hydrazone groups is 1. The van der Waals surface area contributed by atoms with Crippen LogP contribution >= 0.6 is 0 Å². The number of para-hydroxylation sites is 2. The van der Waals surface area contributed by atoms with Crippen molar-refractivity contribution in [3.05, 3.63) is 90.5 Å². The summed E-state index contributed by atoms with van der Waals surface area (Å²) in [5, 5.41) is 4.10. The van der Waals surface area contributed by atoms with Crippen LogP contribution in [-0.2, 0) is 0 Å². The average Bonchev–Trinajstić information content (AvgIpc) is 2.89. The monoisotopic (exact) mass is 494 g/mol. The highest BCUT2D eigenvalue weighted by molar-refractivity contribution is 5.80. The number of anilines is 4. The summed E-state index contributed by atoms with van der Waals surface area (Å²) in [4.78, 5) is 14.2. The second-order valence-corrected chi connectivity index (χ2v) is 7.30. The van der Waals surface area contributed by atoms with Crippen LogP contribution in [0.1, 0.15) is 5.56 Å². The lowest BCUT2D eigenvalue weighted by molar-refractivity contribution is -0.154. The fourth-order valence-corrected chi connectivity index (χ4v) is 3.10. The van der Waals surface area contributed by atoms with Gasteiger partial charge in [-0.15, -0.1) is 0 Å². The molecule has 1 N–H and O–H groups in total. The van der Waals surface area contributed by atoms with E-state index in [1.54, 1.807) is 36.3 Å². The lowest BCUT2D eigenvalue weighted by Gasteiger charge is -2.23. The summed E-state index contributed by atoms with van der Waals surface area (Å²) in [5.41, 5.74) is 4.77. The first-order valence-electron chi connectivity index (χ1n) is 10.7. The molecule has 0 spiro atoms. The smallest absolute Gasteiger partial charge is 0.422 e. The maximum atomic E-state index is 12.8. The van der Waals surface area contributed by atoms with E-state index in [-0.39, 0.29) is 11.9 Å². The fraction of sp³-hybridized carbons (Fsp3) is 0.120. The Kier molecular flexibility index (Phi) is 7.59. The van der Waals surface area contributed by atoms with Crippen LogP contribution in [0.15, 0.2) is 90.0 Å². The number of hydrogen-bond donors (Lipinski definition) is 1. The number of halogens is 3. The van der Waals surface area contributed by atoms with Crippen molar-refractivity contribution >= 4 is 29.5 Å². The van der Waals surface area contributed by atoms with Gasteiger partial charge in [0.1, 0.15) is 5.75 Å². The number of hydrogen-bond acceptors (Lipinski definition) is 8. The summed E-state index contributed by atoms with van der Waals surface area (Å²) in [7, 11) is 1.57. The summed E-state index contributed by atoms with van der Waals surface area (Å²) >= 11 is 0. The van der Waals surface area contributed by atoms with E-state index >= 15 is 0 Å². The predicted octanol–water partition coefficient (Wildman–Crippen LogP) is 5.74. The van der Waals surface area contributed by atoms with Gasteiger partial charge in [-0.05, 0) is 54.1 Å². The van der Waals surface area contributed by atoms with Crippen LogP contribution in [0.4, 0.5) is 36.4 Å². The largest absolute Gasteiger partial charge is 0.497 e. The van der Waals surface area contributed by atoms with Gasteiger partial charge in [0, 0.05) is 11.4 Å². The Labute approximate surface area is 205 Å². The normalized spacial score (nSPS) is 11.3. The van der Waals surface area contributed by atoms with E-state index in [0.717, 1.165) is 5.56 Å². The first kappa shape index (κ1) is 24.5. The highest BCUT2D eigenvalue weighted by atomic mass is 19.4. The fourth-order valence-electron chi connectivity index (χ4n) is 3.10. The average molecular weight is 494 g/mol. The van der Waals surface area contributed by atoms with Gasteiger partial charge in [0.2, 0.25) is 5.95 Å². The van der Waals surface area contributed by atoms with Crippen LogP contribution < -0.4 is 19.8 Å². The molecule has 0 bridgehead atoms. The summed E-state index contributed by atoms with van der Waals surface area (Å²) in [5.74, 6) is 0.635. The molecular weight excluding hydrogens is 473 g/mol. The Bertz CT molecular complexity index is 1250. The Morgan fingerprint density at radius 3 is 2.03 bits per heavy atom. The van der Waals surface area contributed by atoms with Crippen molar-refractivity contribution in [2.24, 2.45) is 5.10 Å². The molecule has 36 heavy (non-hydrogen) atoms.